The quantitative estimate of drug-likeness (QED) is 0.616. The molecule has 1 fully saturated rings. The minimum atomic E-state index is 0.700. The predicted octanol–water partition coefficient (Wildman–Crippen LogP) is 6.28. The molecule has 0 unspecified atom stereocenters. The Labute approximate surface area is 119 Å². The van der Waals surface area contributed by atoms with E-state index in [0.717, 1.165) is 0 Å². The van der Waals surface area contributed by atoms with Crippen LogP contribution in [0, 0.1) is 5.41 Å². The summed E-state index contributed by atoms with van der Waals surface area (Å²) in [4.78, 5) is 0. The summed E-state index contributed by atoms with van der Waals surface area (Å²) in [7, 11) is 0. The van der Waals surface area contributed by atoms with Crippen LogP contribution in [-0.2, 0) is 0 Å². The van der Waals surface area contributed by atoms with E-state index in [1.165, 1.54) is 38.8 Å². The number of hydrogen-bond donors (Lipinski definition) is 1. The summed E-state index contributed by atoms with van der Waals surface area (Å²) in [5.74, 6) is 0. The summed E-state index contributed by atoms with van der Waals surface area (Å²) in [5.41, 5.74) is 0.700. The molecular formula is C17H43N. The third-order valence-corrected chi connectivity index (χ3v) is 3.16. The molecule has 116 valence electrons. The van der Waals surface area contributed by atoms with E-state index >= 15 is 0 Å². The van der Waals surface area contributed by atoms with Crippen molar-refractivity contribution in [1.82, 2.24) is 5.32 Å². The maximum absolute atomic E-state index is 3.41. The summed E-state index contributed by atoms with van der Waals surface area (Å²) in [6.07, 6.45) is 5.51. The van der Waals surface area contributed by atoms with Crippen LogP contribution in [0.2, 0.25) is 0 Å². The Bertz CT molecular complexity index is 87.8. The Hall–Kier alpha value is -0.0400. The first kappa shape index (κ1) is 26.5. The SMILES string of the molecule is CC.CC.CC.CC.CCC1(CC)CCNCC1. The number of piperidine rings is 1. The molecule has 1 aliphatic rings. The lowest BCUT2D eigenvalue weighted by molar-refractivity contribution is 0.185. The lowest BCUT2D eigenvalue weighted by Crippen LogP contribution is -2.35. The molecule has 0 aromatic heterocycles. The van der Waals surface area contributed by atoms with Crippen molar-refractivity contribution in [3.05, 3.63) is 0 Å². The molecule has 1 heterocycles. The van der Waals surface area contributed by atoms with Gasteiger partial charge >= 0.3 is 0 Å². The van der Waals surface area contributed by atoms with E-state index in [1.807, 2.05) is 55.4 Å². The molecule has 0 aromatic rings. The van der Waals surface area contributed by atoms with E-state index in [0.29, 0.717) is 5.41 Å². The fourth-order valence-corrected chi connectivity index (χ4v) is 1.91. The van der Waals surface area contributed by atoms with Gasteiger partial charge in [-0.15, -0.1) is 0 Å². The molecular weight excluding hydrogens is 218 g/mol. The Morgan fingerprint density at radius 2 is 0.944 bits per heavy atom. The van der Waals surface area contributed by atoms with Crippen molar-refractivity contribution < 1.29 is 0 Å². The monoisotopic (exact) mass is 261 g/mol. The van der Waals surface area contributed by atoms with Crippen molar-refractivity contribution in [2.24, 2.45) is 5.41 Å². The summed E-state index contributed by atoms with van der Waals surface area (Å²) >= 11 is 0. The van der Waals surface area contributed by atoms with Crippen molar-refractivity contribution in [1.29, 1.82) is 0 Å². The van der Waals surface area contributed by atoms with Gasteiger partial charge in [-0.05, 0) is 31.3 Å². The first-order valence-electron chi connectivity index (χ1n) is 8.54. The predicted molar refractivity (Wildman–Crippen MR) is 90.5 cm³/mol. The summed E-state index contributed by atoms with van der Waals surface area (Å²) in [5, 5.41) is 3.41. The van der Waals surface area contributed by atoms with Crippen LogP contribution in [-0.4, -0.2) is 13.1 Å². The largest absolute Gasteiger partial charge is 0.317 e. The third kappa shape index (κ3) is 14.0. The second kappa shape index (κ2) is 25.7. The topological polar surface area (TPSA) is 12.0 Å². The van der Waals surface area contributed by atoms with Crippen LogP contribution in [0.4, 0.5) is 0 Å². The maximum Gasteiger partial charge on any atom is -0.00436 e. The van der Waals surface area contributed by atoms with Gasteiger partial charge in [0.2, 0.25) is 0 Å². The van der Waals surface area contributed by atoms with Gasteiger partial charge in [-0.25, -0.2) is 0 Å². The van der Waals surface area contributed by atoms with Crippen LogP contribution in [0.25, 0.3) is 0 Å². The molecule has 0 atom stereocenters. The number of nitrogens with one attached hydrogen (secondary N) is 1. The number of hydrogen-bond acceptors (Lipinski definition) is 1. The molecule has 0 amide bonds. The van der Waals surface area contributed by atoms with E-state index in [9.17, 15) is 0 Å². The Morgan fingerprint density at radius 1 is 0.667 bits per heavy atom. The first-order chi connectivity index (χ1) is 8.83. The lowest BCUT2D eigenvalue weighted by Gasteiger charge is -2.35. The lowest BCUT2D eigenvalue weighted by atomic mass is 9.75. The molecule has 1 aliphatic heterocycles. The zero-order valence-electron chi connectivity index (χ0n) is 15.2. The van der Waals surface area contributed by atoms with Gasteiger partial charge in [0.1, 0.15) is 0 Å². The van der Waals surface area contributed by atoms with Gasteiger partial charge in [-0.3, -0.25) is 0 Å². The Balaban J connectivity index is -0.000000105. The summed E-state index contributed by atoms with van der Waals surface area (Å²) in [6.45, 7) is 23.1. The summed E-state index contributed by atoms with van der Waals surface area (Å²) < 4.78 is 0. The Morgan fingerprint density at radius 3 is 1.11 bits per heavy atom. The standard InChI is InChI=1S/C9H19N.4C2H6/c1-3-9(4-2)5-7-10-8-6-9;4*1-2/h10H,3-8H2,1-2H3;4*1-2H3. The third-order valence-electron chi connectivity index (χ3n) is 3.16. The molecule has 0 aliphatic carbocycles. The van der Waals surface area contributed by atoms with Gasteiger partial charge in [0, 0.05) is 0 Å². The molecule has 1 saturated heterocycles. The van der Waals surface area contributed by atoms with Gasteiger partial charge in [-0.1, -0.05) is 82.1 Å². The van der Waals surface area contributed by atoms with Gasteiger partial charge in [0.15, 0.2) is 0 Å². The van der Waals surface area contributed by atoms with Crippen LogP contribution < -0.4 is 5.32 Å². The smallest absolute Gasteiger partial charge is 0.00436 e. The Kier molecular flexibility index (Phi) is 37.9. The maximum atomic E-state index is 3.41. The normalized spacial score (nSPS) is 15.0. The molecule has 18 heavy (non-hydrogen) atoms. The molecule has 1 N–H and O–H groups in total. The van der Waals surface area contributed by atoms with Gasteiger partial charge in [0.25, 0.3) is 0 Å². The van der Waals surface area contributed by atoms with Crippen LogP contribution in [0.1, 0.15) is 94.9 Å². The van der Waals surface area contributed by atoms with Crippen LogP contribution in [0.5, 0.6) is 0 Å². The van der Waals surface area contributed by atoms with Gasteiger partial charge < -0.3 is 5.32 Å². The van der Waals surface area contributed by atoms with Crippen LogP contribution >= 0.6 is 0 Å². The van der Waals surface area contributed by atoms with Crippen molar-refractivity contribution in [3.8, 4) is 0 Å². The highest BCUT2D eigenvalue weighted by Crippen LogP contribution is 2.35. The minimum Gasteiger partial charge on any atom is -0.317 e. The fraction of sp³-hybridized carbons (Fsp3) is 1.00. The molecule has 1 nitrogen and oxygen atoms in total. The van der Waals surface area contributed by atoms with Crippen molar-refractivity contribution in [2.75, 3.05) is 13.1 Å². The van der Waals surface area contributed by atoms with E-state index in [4.69, 9.17) is 0 Å². The van der Waals surface area contributed by atoms with E-state index in [2.05, 4.69) is 19.2 Å². The van der Waals surface area contributed by atoms with Crippen LogP contribution in [0.15, 0.2) is 0 Å². The molecule has 0 spiro atoms. The molecule has 0 radical (unpaired) electrons. The van der Waals surface area contributed by atoms with Crippen molar-refractivity contribution in [3.63, 3.8) is 0 Å². The van der Waals surface area contributed by atoms with Gasteiger partial charge in [-0.2, -0.15) is 0 Å². The molecule has 0 bridgehead atoms. The molecule has 0 aromatic carbocycles. The second-order valence-electron chi connectivity index (χ2n) is 3.46. The zero-order valence-corrected chi connectivity index (χ0v) is 15.2. The summed E-state index contributed by atoms with van der Waals surface area (Å²) in [6, 6.07) is 0. The highest BCUT2D eigenvalue weighted by atomic mass is 14.9. The second-order valence-corrected chi connectivity index (χ2v) is 3.46. The van der Waals surface area contributed by atoms with Gasteiger partial charge in [0.05, 0.1) is 0 Å². The van der Waals surface area contributed by atoms with E-state index in [1.54, 1.807) is 0 Å². The average molecular weight is 262 g/mol. The van der Waals surface area contributed by atoms with Crippen molar-refractivity contribution >= 4 is 0 Å². The molecule has 0 saturated carbocycles. The average Bonchev–Trinajstić information content (AvgIpc) is 2.55. The highest BCUT2D eigenvalue weighted by molar-refractivity contribution is 4.81. The molecule has 1 heteroatoms. The van der Waals surface area contributed by atoms with Crippen molar-refractivity contribution in [2.45, 2.75) is 94.9 Å². The number of rotatable bonds is 2. The minimum absolute atomic E-state index is 0.700. The molecule has 1 rings (SSSR count). The highest BCUT2D eigenvalue weighted by Gasteiger charge is 2.27. The van der Waals surface area contributed by atoms with E-state index < -0.39 is 0 Å². The van der Waals surface area contributed by atoms with Crippen LogP contribution in [0.3, 0.4) is 0 Å². The first-order valence-corrected chi connectivity index (χ1v) is 8.54. The fourth-order valence-electron chi connectivity index (χ4n) is 1.91. The zero-order chi connectivity index (χ0) is 15.4. The van der Waals surface area contributed by atoms with E-state index in [-0.39, 0.29) is 0 Å².